The van der Waals surface area contributed by atoms with E-state index >= 15 is 0 Å². The maximum absolute atomic E-state index is 11.5. The van der Waals surface area contributed by atoms with E-state index in [0.717, 1.165) is 30.4 Å². The predicted molar refractivity (Wildman–Crippen MR) is 364 cm³/mol. The van der Waals surface area contributed by atoms with E-state index in [1.165, 1.54) is 12.8 Å². The van der Waals surface area contributed by atoms with Crippen molar-refractivity contribution in [3.05, 3.63) is 47.2 Å². The van der Waals surface area contributed by atoms with Crippen LogP contribution in [0.25, 0.3) is 0 Å². The topological polar surface area (TPSA) is 255 Å². The Morgan fingerprint density at radius 3 is 1.13 bits per heavy atom. The fourth-order valence-electron chi connectivity index (χ4n) is 5.75. The third-order valence-corrected chi connectivity index (χ3v) is 11.7. The summed E-state index contributed by atoms with van der Waals surface area (Å²) < 4.78 is 55.2. The lowest BCUT2D eigenvalue weighted by Crippen LogP contribution is -2.24. The molecule has 0 radical (unpaired) electrons. The zero-order valence-electron chi connectivity index (χ0n) is 63.1. The third-order valence-electron chi connectivity index (χ3n) is 11.7. The van der Waals surface area contributed by atoms with Gasteiger partial charge in [-0.15, -0.1) is 0 Å². The fraction of sp³-hybridized carbons (Fsp3) is 0.767. The first kappa shape index (κ1) is 96.0. The van der Waals surface area contributed by atoms with Crippen molar-refractivity contribution in [3.63, 3.8) is 0 Å². The molecule has 0 aliphatic carbocycles. The van der Waals surface area contributed by atoms with Crippen LogP contribution in [-0.4, -0.2) is 133 Å². The Morgan fingerprint density at radius 1 is 0.376 bits per heavy atom. The van der Waals surface area contributed by atoms with Gasteiger partial charge >= 0.3 is 47.8 Å². The number of benzene rings is 1. The average Bonchev–Trinajstić information content (AvgIpc) is 1.94. The zero-order valence-corrected chi connectivity index (χ0v) is 63.1. The van der Waals surface area contributed by atoms with Gasteiger partial charge < -0.3 is 52.1 Å². The molecule has 0 unspecified atom stereocenters. The second-order valence-corrected chi connectivity index (χ2v) is 28.9. The molecule has 1 heterocycles. The first-order valence-electron chi connectivity index (χ1n) is 33.0. The number of carbonyl (C=O) groups excluding carboxylic acids is 9. The molecule has 2 rings (SSSR count). The van der Waals surface area contributed by atoms with Gasteiger partial charge in [0.1, 0.15) is 31.4 Å². The van der Waals surface area contributed by atoms with Gasteiger partial charge in [-0.1, -0.05) is 77.3 Å². The summed E-state index contributed by atoms with van der Waals surface area (Å²) in [5, 5.41) is 0. The Bertz CT molecular complexity index is 2220. The molecule has 0 atom stereocenters. The summed E-state index contributed by atoms with van der Waals surface area (Å²) in [4.78, 5) is 101. The maximum Gasteiger partial charge on any atom is 0.315 e. The summed E-state index contributed by atoms with van der Waals surface area (Å²) >= 11 is 0. The van der Waals surface area contributed by atoms with Crippen molar-refractivity contribution in [2.45, 2.75) is 251 Å². The van der Waals surface area contributed by atoms with Gasteiger partial charge in [-0.2, -0.15) is 0 Å². The predicted octanol–water partition coefficient (Wildman–Crippen LogP) is 15.3. The molecule has 0 spiro atoms. The molecule has 0 aromatic heterocycles. The second kappa shape index (κ2) is 51.6. The van der Waals surface area contributed by atoms with Gasteiger partial charge in [-0.25, -0.2) is 0 Å². The molecule has 0 saturated heterocycles. The number of Topliss-reactive ketones (excluding diaryl/α,β-unsaturated/α-hetero) is 1. The lowest BCUT2D eigenvalue weighted by atomic mass is 9.88. The second-order valence-electron chi connectivity index (χ2n) is 28.9. The zero-order chi connectivity index (χ0) is 73.3. The van der Waals surface area contributed by atoms with E-state index in [0.29, 0.717) is 111 Å². The molecular weight excluding hydrogens is 1200 g/mol. The fourth-order valence-corrected chi connectivity index (χ4v) is 5.75. The lowest BCUT2D eigenvalue weighted by molar-refractivity contribution is -0.155. The van der Waals surface area contributed by atoms with Gasteiger partial charge in [0.05, 0.1) is 85.2 Å². The van der Waals surface area contributed by atoms with E-state index in [1.807, 2.05) is 176 Å². The molecule has 542 valence electrons. The molecule has 20 heteroatoms. The Hall–Kier alpha value is -5.73. The molecule has 0 amide bonds. The Balaban J connectivity index is -0.000000326. The summed E-state index contributed by atoms with van der Waals surface area (Å²) in [6.07, 6.45) is 7.06. The van der Waals surface area contributed by atoms with Crippen LogP contribution in [0.3, 0.4) is 0 Å². The normalized spacial score (nSPS) is 12.1. The van der Waals surface area contributed by atoms with Crippen LogP contribution >= 0.6 is 0 Å². The van der Waals surface area contributed by atoms with Crippen molar-refractivity contribution in [3.8, 4) is 0 Å². The van der Waals surface area contributed by atoms with Gasteiger partial charge in [0.2, 0.25) is 0 Å². The summed E-state index contributed by atoms with van der Waals surface area (Å²) in [5.74, 6) is -0.880. The highest BCUT2D eigenvalue weighted by Crippen LogP contribution is 2.23. The number of ether oxygens (including phenoxy) is 11. The molecule has 0 bridgehead atoms. The largest absolute Gasteiger partial charge is 0.466 e. The molecule has 1 aromatic carbocycles. The smallest absolute Gasteiger partial charge is 0.315 e. The molecule has 1 aliphatic rings. The van der Waals surface area contributed by atoms with Crippen molar-refractivity contribution in [1.29, 1.82) is 0 Å². The molecule has 1 aromatic rings. The Labute approximate surface area is 562 Å². The number of esters is 8. The van der Waals surface area contributed by atoms with E-state index in [1.54, 1.807) is 34.6 Å². The van der Waals surface area contributed by atoms with E-state index in [9.17, 15) is 43.2 Å². The number of rotatable bonds is 27. The van der Waals surface area contributed by atoms with Crippen LogP contribution in [0, 0.1) is 37.9 Å². The standard InChI is InChI=1S/C14H20O3.C11H16O4.C11H20O3.C11H22O2.C10H20O3.C9H18O3.C7H14O2/c1-14(2,3)13(15)17-10-9-16-11-12-7-5-4-6-8-12;1-7-5-9(12)15-8(7)6-14-10(13)11(2,3)4;1-5-14-10(13)8-6-7-9(12)11(2,3)4;1-5-6-7-8-9-13-10(12)11(2,3)4;1-5-12-7-6-8-13-9(11)10(2,3)4;1-5-11-6-7-12-8(10)9(2,3)4;1-5-9-6(8)7(2,3)4/h4-8H,9-11H2,1-3H3;5-6H2,1-4H3;5-8H2,1-4H3;5-9H2,1-4H3;5-8H2,1-4H3;5-7H2,1-4H3;5H2,1-4H3. The van der Waals surface area contributed by atoms with Crippen molar-refractivity contribution in [2.75, 3.05) is 79.3 Å². The molecule has 1 aliphatic heterocycles. The molecule has 20 nitrogen and oxygen atoms in total. The molecule has 0 saturated carbocycles. The number of ketones is 1. The minimum atomic E-state index is -0.531. The monoisotopic (exact) mass is 1330 g/mol. The van der Waals surface area contributed by atoms with E-state index in [2.05, 4.69) is 6.92 Å². The molecule has 0 N–H and O–H groups in total. The van der Waals surface area contributed by atoms with Crippen molar-refractivity contribution >= 4 is 53.5 Å². The van der Waals surface area contributed by atoms with Crippen molar-refractivity contribution in [2.24, 2.45) is 37.9 Å². The van der Waals surface area contributed by atoms with E-state index < -0.39 is 21.7 Å². The first-order chi connectivity index (χ1) is 42.6. The minimum absolute atomic E-state index is 0.0493. The SMILES string of the molecule is CC(C)(C)C(=O)OCCOCc1ccccc1.CC1=C(COC(=O)C(C)(C)C)OC(=O)C1.CCCCCCOC(=O)C(C)(C)C.CCOC(=O)C(C)(C)C.CCOC(=O)CCCC(=O)C(C)(C)C.CCOCCCOC(=O)C(C)(C)C.CCOCCOC(=O)C(C)(C)C. The van der Waals surface area contributed by atoms with Crippen LogP contribution in [0.4, 0.5) is 0 Å². The molecular formula is C73H130O20. The number of unbranched alkanes of at least 4 members (excludes halogenated alkanes) is 3. The Morgan fingerprint density at radius 2 is 0.763 bits per heavy atom. The highest BCUT2D eigenvalue weighted by Gasteiger charge is 2.28. The highest BCUT2D eigenvalue weighted by atomic mass is 16.6. The van der Waals surface area contributed by atoms with Crippen LogP contribution in [0.2, 0.25) is 0 Å². The summed E-state index contributed by atoms with van der Waals surface area (Å²) in [6, 6.07) is 9.91. The summed E-state index contributed by atoms with van der Waals surface area (Å²) in [7, 11) is 0. The van der Waals surface area contributed by atoms with Gasteiger partial charge in [0, 0.05) is 44.5 Å². The van der Waals surface area contributed by atoms with Crippen molar-refractivity contribution in [1.82, 2.24) is 0 Å². The number of hydrogen-bond acceptors (Lipinski definition) is 20. The summed E-state index contributed by atoms with van der Waals surface area (Å²) in [5.41, 5.74) is -0.833. The van der Waals surface area contributed by atoms with Gasteiger partial charge in [0.25, 0.3) is 0 Å². The minimum Gasteiger partial charge on any atom is -0.466 e. The first-order valence-corrected chi connectivity index (χ1v) is 33.0. The van der Waals surface area contributed by atoms with E-state index in [-0.39, 0.29) is 76.4 Å². The molecule has 93 heavy (non-hydrogen) atoms. The van der Waals surface area contributed by atoms with Crippen LogP contribution in [0.5, 0.6) is 0 Å². The highest BCUT2D eigenvalue weighted by molar-refractivity contribution is 5.84. The van der Waals surface area contributed by atoms with Crippen molar-refractivity contribution < 1.29 is 95.3 Å². The maximum atomic E-state index is 11.5. The Kier molecular flexibility index (Phi) is 53.2. The van der Waals surface area contributed by atoms with E-state index in [4.69, 9.17) is 52.1 Å². The third kappa shape index (κ3) is 59.7. The average molecular weight is 1330 g/mol. The van der Waals surface area contributed by atoms with Gasteiger partial charge in [-0.3, -0.25) is 43.2 Å². The summed E-state index contributed by atoms with van der Waals surface area (Å²) in [6.45, 7) is 56.2. The number of carbonyl (C=O) groups is 9. The molecule has 0 fully saturated rings. The quantitative estimate of drug-likeness (QED) is 0.0450. The van der Waals surface area contributed by atoms with Gasteiger partial charge in [-0.05, 0) is 183 Å². The van der Waals surface area contributed by atoms with Crippen LogP contribution in [0.1, 0.15) is 250 Å². The van der Waals surface area contributed by atoms with Gasteiger partial charge in [0.15, 0.2) is 0 Å². The van der Waals surface area contributed by atoms with Crippen LogP contribution in [-0.2, 0) is 102 Å². The number of hydrogen-bond donors (Lipinski definition) is 0. The lowest BCUT2D eigenvalue weighted by Gasteiger charge is -2.16. The van der Waals surface area contributed by atoms with Crippen LogP contribution in [0.15, 0.2) is 41.7 Å². The van der Waals surface area contributed by atoms with Crippen LogP contribution < -0.4 is 0 Å². The number of cyclic esters (lactones) is 1.